The van der Waals surface area contributed by atoms with Gasteiger partial charge in [0.05, 0.1) is 0 Å². The van der Waals surface area contributed by atoms with Crippen LogP contribution in [0.1, 0.15) is 11.1 Å². The van der Waals surface area contributed by atoms with Crippen LogP contribution in [0.5, 0.6) is 11.5 Å². The predicted molar refractivity (Wildman–Crippen MR) is 60.0 cm³/mol. The second-order valence-corrected chi connectivity index (χ2v) is 4.06. The van der Waals surface area contributed by atoms with Crippen molar-refractivity contribution in [2.75, 3.05) is 13.8 Å². The highest BCUT2D eigenvalue weighted by Crippen LogP contribution is 2.34. The van der Waals surface area contributed by atoms with Crippen molar-refractivity contribution in [2.24, 2.45) is 0 Å². The van der Waals surface area contributed by atoms with Gasteiger partial charge >= 0.3 is 5.37 Å². The van der Waals surface area contributed by atoms with Gasteiger partial charge in [-0.3, -0.25) is 4.79 Å². The van der Waals surface area contributed by atoms with E-state index in [2.05, 4.69) is 0 Å². The smallest absolute Gasteiger partial charge is 0.316 e. The quantitative estimate of drug-likeness (QED) is 0.590. The molecule has 0 spiro atoms. The van der Waals surface area contributed by atoms with Crippen molar-refractivity contribution in [1.29, 1.82) is 0 Å². The Bertz CT molecular complexity index is 433. The Balaban J connectivity index is 2.25. The average molecular weight is 242 g/mol. The Morgan fingerprint density at radius 2 is 2.06 bits per heavy atom. The minimum Gasteiger partial charge on any atom is -0.454 e. The van der Waals surface area contributed by atoms with E-state index in [4.69, 9.17) is 21.1 Å². The SMILES string of the molecule is Cc1cc2c(cc1CN(C)C(=O)Cl)OCO2. The van der Waals surface area contributed by atoms with Gasteiger partial charge in [-0.1, -0.05) is 0 Å². The molecular formula is C11H12ClNO3. The molecule has 0 unspecified atom stereocenters. The van der Waals surface area contributed by atoms with E-state index in [1.165, 1.54) is 4.90 Å². The Hall–Kier alpha value is -1.42. The largest absolute Gasteiger partial charge is 0.454 e. The summed E-state index contributed by atoms with van der Waals surface area (Å²) in [6.07, 6.45) is 0. The number of fused-ring (bicyclic) bond motifs is 1. The van der Waals surface area contributed by atoms with E-state index >= 15 is 0 Å². The fourth-order valence-electron chi connectivity index (χ4n) is 1.57. The summed E-state index contributed by atoms with van der Waals surface area (Å²) in [5, 5.41) is -0.475. The number of halogens is 1. The molecule has 0 atom stereocenters. The monoisotopic (exact) mass is 241 g/mol. The molecule has 1 amide bonds. The third-order valence-corrected chi connectivity index (χ3v) is 2.83. The molecule has 1 aliphatic heterocycles. The molecule has 0 aromatic heterocycles. The summed E-state index contributed by atoms with van der Waals surface area (Å²) in [6, 6.07) is 3.79. The van der Waals surface area contributed by atoms with Gasteiger partial charge in [0.15, 0.2) is 11.5 Å². The molecule has 16 heavy (non-hydrogen) atoms. The van der Waals surface area contributed by atoms with E-state index < -0.39 is 5.37 Å². The lowest BCUT2D eigenvalue weighted by Gasteiger charge is -2.15. The standard InChI is InChI=1S/C11H12ClNO3/c1-7-3-9-10(16-6-15-9)4-8(7)5-13(2)11(12)14/h3-4H,5-6H2,1-2H3. The normalized spacial score (nSPS) is 12.7. The third-order valence-electron chi connectivity index (χ3n) is 2.54. The molecule has 5 heteroatoms. The first-order valence-electron chi connectivity index (χ1n) is 4.87. The molecule has 1 aromatic carbocycles. The molecule has 2 rings (SSSR count). The van der Waals surface area contributed by atoms with Gasteiger partial charge in [0, 0.05) is 13.6 Å². The number of carbonyl (C=O) groups is 1. The molecule has 1 aromatic rings. The van der Waals surface area contributed by atoms with Crippen LogP contribution in [0.2, 0.25) is 0 Å². The Morgan fingerprint density at radius 3 is 2.69 bits per heavy atom. The Morgan fingerprint density at radius 1 is 1.44 bits per heavy atom. The summed E-state index contributed by atoms with van der Waals surface area (Å²) < 4.78 is 10.5. The Kier molecular flexibility index (Phi) is 2.92. The molecule has 0 saturated heterocycles. The van der Waals surface area contributed by atoms with Crippen LogP contribution < -0.4 is 9.47 Å². The van der Waals surface area contributed by atoms with E-state index in [9.17, 15) is 4.79 Å². The number of ether oxygens (including phenoxy) is 2. The van der Waals surface area contributed by atoms with Crippen LogP contribution in [0.25, 0.3) is 0 Å². The van der Waals surface area contributed by atoms with Gasteiger partial charge in [-0.25, -0.2) is 0 Å². The van der Waals surface area contributed by atoms with E-state index in [1.807, 2.05) is 19.1 Å². The number of nitrogens with zero attached hydrogens (tertiary/aromatic N) is 1. The zero-order valence-corrected chi connectivity index (χ0v) is 9.87. The zero-order chi connectivity index (χ0) is 11.7. The molecule has 86 valence electrons. The van der Waals surface area contributed by atoms with E-state index in [-0.39, 0.29) is 6.79 Å². The fraction of sp³-hybridized carbons (Fsp3) is 0.364. The van der Waals surface area contributed by atoms with Crippen LogP contribution in [0, 0.1) is 6.92 Å². The van der Waals surface area contributed by atoms with Gasteiger partial charge in [0.1, 0.15) is 0 Å². The van der Waals surface area contributed by atoms with Crippen LogP contribution in [0.3, 0.4) is 0 Å². The molecule has 0 radical (unpaired) electrons. The number of rotatable bonds is 2. The maximum Gasteiger partial charge on any atom is 0.316 e. The van der Waals surface area contributed by atoms with Gasteiger partial charge in [-0.15, -0.1) is 0 Å². The van der Waals surface area contributed by atoms with Crippen molar-refractivity contribution in [2.45, 2.75) is 13.5 Å². The highest BCUT2D eigenvalue weighted by Gasteiger charge is 2.16. The maximum atomic E-state index is 10.9. The van der Waals surface area contributed by atoms with E-state index in [0.29, 0.717) is 6.54 Å². The predicted octanol–water partition coefficient (Wildman–Crippen LogP) is 2.51. The number of aryl methyl sites for hydroxylation is 1. The van der Waals surface area contributed by atoms with Crippen molar-refractivity contribution < 1.29 is 14.3 Å². The molecule has 0 bridgehead atoms. The number of carbonyl (C=O) groups excluding carboxylic acids is 1. The lowest BCUT2D eigenvalue weighted by Crippen LogP contribution is -2.20. The zero-order valence-electron chi connectivity index (χ0n) is 9.12. The molecule has 0 aliphatic carbocycles. The number of benzene rings is 1. The van der Waals surface area contributed by atoms with Crippen molar-refractivity contribution >= 4 is 17.0 Å². The van der Waals surface area contributed by atoms with Crippen LogP contribution in [-0.4, -0.2) is 24.1 Å². The number of amides is 1. The lowest BCUT2D eigenvalue weighted by atomic mass is 10.1. The van der Waals surface area contributed by atoms with Gasteiger partial charge in [0.25, 0.3) is 0 Å². The number of hydrogen-bond donors (Lipinski definition) is 0. The summed E-state index contributed by atoms with van der Waals surface area (Å²) >= 11 is 5.38. The third kappa shape index (κ3) is 2.07. The topological polar surface area (TPSA) is 38.8 Å². The summed E-state index contributed by atoms with van der Waals surface area (Å²) in [6.45, 7) is 2.68. The van der Waals surface area contributed by atoms with E-state index in [1.54, 1.807) is 7.05 Å². The fourth-order valence-corrected chi connectivity index (χ4v) is 1.63. The summed E-state index contributed by atoms with van der Waals surface area (Å²) in [4.78, 5) is 12.4. The minimum atomic E-state index is -0.475. The maximum absolute atomic E-state index is 10.9. The molecule has 0 fully saturated rings. The molecule has 1 heterocycles. The van der Waals surface area contributed by atoms with Gasteiger partial charge in [-0.05, 0) is 41.8 Å². The summed E-state index contributed by atoms with van der Waals surface area (Å²) in [5.74, 6) is 1.47. The number of hydrogen-bond acceptors (Lipinski definition) is 3. The summed E-state index contributed by atoms with van der Waals surface area (Å²) in [7, 11) is 1.65. The molecule has 1 aliphatic rings. The molecule has 0 N–H and O–H groups in total. The highest BCUT2D eigenvalue weighted by atomic mass is 35.5. The first-order chi connectivity index (χ1) is 7.58. The second kappa shape index (κ2) is 4.22. The molecular weight excluding hydrogens is 230 g/mol. The van der Waals surface area contributed by atoms with Crippen LogP contribution in [0.15, 0.2) is 12.1 Å². The van der Waals surface area contributed by atoms with Crippen molar-refractivity contribution in [3.63, 3.8) is 0 Å². The Labute approximate surface area is 98.7 Å². The molecule has 0 saturated carbocycles. The van der Waals surface area contributed by atoms with Crippen LogP contribution in [0.4, 0.5) is 4.79 Å². The summed E-state index contributed by atoms with van der Waals surface area (Å²) in [5.41, 5.74) is 2.05. The van der Waals surface area contributed by atoms with Crippen molar-refractivity contribution in [3.05, 3.63) is 23.3 Å². The highest BCUT2D eigenvalue weighted by molar-refractivity contribution is 6.62. The van der Waals surface area contributed by atoms with Gasteiger partial charge in [-0.2, -0.15) is 0 Å². The van der Waals surface area contributed by atoms with Gasteiger partial charge < -0.3 is 14.4 Å². The molecule has 4 nitrogen and oxygen atoms in total. The lowest BCUT2D eigenvalue weighted by molar-refractivity contribution is 0.174. The van der Waals surface area contributed by atoms with E-state index in [0.717, 1.165) is 22.6 Å². The van der Waals surface area contributed by atoms with Crippen LogP contribution in [-0.2, 0) is 6.54 Å². The average Bonchev–Trinajstić information content (AvgIpc) is 2.65. The first-order valence-corrected chi connectivity index (χ1v) is 5.25. The van der Waals surface area contributed by atoms with Crippen LogP contribution >= 0.6 is 11.6 Å². The van der Waals surface area contributed by atoms with Crippen molar-refractivity contribution in [3.8, 4) is 11.5 Å². The first kappa shape index (κ1) is 11.1. The second-order valence-electron chi connectivity index (χ2n) is 3.74. The van der Waals surface area contributed by atoms with Crippen molar-refractivity contribution in [1.82, 2.24) is 4.90 Å². The van der Waals surface area contributed by atoms with Gasteiger partial charge in [0.2, 0.25) is 6.79 Å². The minimum absolute atomic E-state index is 0.252.